The molecule has 1 aliphatic carbocycles. The highest BCUT2D eigenvalue weighted by atomic mass is 32.1. The van der Waals surface area contributed by atoms with Crippen molar-refractivity contribution in [2.45, 2.75) is 25.7 Å². The van der Waals surface area contributed by atoms with Crippen LogP contribution in [-0.4, -0.2) is 10.9 Å². The molecule has 30 heavy (non-hydrogen) atoms. The van der Waals surface area contributed by atoms with Gasteiger partial charge in [-0.15, -0.1) is 11.3 Å². The van der Waals surface area contributed by atoms with Gasteiger partial charge in [0, 0.05) is 16.5 Å². The Balaban J connectivity index is 1.38. The first-order valence-corrected chi connectivity index (χ1v) is 11.2. The van der Waals surface area contributed by atoms with Gasteiger partial charge in [0.25, 0.3) is 5.91 Å². The smallest absolute Gasteiger partial charge is 0.258 e. The number of thiazole rings is 1. The molecule has 0 saturated heterocycles. The van der Waals surface area contributed by atoms with Crippen molar-refractivity contribution in [1.82, 2.24) is 4.98 Å². The summed E-state index contributed by atoms with van der Waals surface area (Å²) in [5.74, 6) is -0.138. The number of anilines is 1. The van der Waals surface area contributed by atoms with Gasteiger partial charge in [-0.25, -0.2) is 4.98 Å². The van der Waals surface area contributed by atoms with Crippen molar-refractivity contribution in [1.29, 1.82) is 0 Å². The topological polar surface area (TPSA) is 42.0 Å². The fourth-order valence-electron chi connectivity index (χ4n) is 4.07. The van der Waals surface area contributed by atoms with Gasteiger partial charge in [-0.2, -0.15) is 0 Å². The van der Waals surface area contributed by atoms with Crippen molar-refractivity contribution in [2.24, 2.45) is 0 Å². The fourth-order valence-corrected chi connectivity index (χ4v) is 4.79. The maximum atomic E-state index is 13.0. The van der Waals surface area contributed by atoms with E-state index in [0.29, 0.717) is 10.7 Å². The standard InChI is InChI=1S/C26H22N2OS/c29-25(23-13-7-6-12-22(23)19-9-2-1-3-10-19)28-26-27-24(17-30-26)21-15-14-18-8-4-5-11-20(18)16-21/h1-3,6-7,9-10,12-17H,4-5,8,11H2,(H,27,28,29). The van der Waals surface area contributed by atoms with E-state index in [1.165, 1.54) is 41.7 Å². The number of aryl methyl sites for hydroxylation is 2. The number of carbonyl (C=O) groups is 1. The monoisotopic (exact) mass is 410 g/mol. The zero-order valence-corrected chi connectivity index (χ0v) is 17.4. The number of nitrogens with zero attached hydrogens (tertiary/aromatic N) is 1. The van der Waals surface area contributed by atoms with E-state index in [2.05, 4.69) is 28.5 Å². The van der Waals surface area contributed by atoms with Crippen LogP contribution >= 0.6 is 11.3 Å². The molecule has 0 fully saturated rings. The second-order valence-corrected chi connectivity index (χ2v) is 8.45. The normalized spacial score (nSPS) is 12.9. The van der Waals surface area contributed by atoms with E-state index in [0.717, 1.165) is 28.8 Å². The Hall–Kier alpha value is -3.24. The molecule has 0 saturated carbocycles. The molecular formula is C26H22N2OS. The lowest BCUT2D eigenvalue weighted by Gasteiger charge is -2.16. The maximum absolute atomic E-state index is 13.0. The molecule has 1 aliphatic rings. The number of fused-ring (bicyclic) bond motifs is 1. The minimum Gasteiger partial charge on any atom is -0.298 e. The molecule has 1 amide bonds. The van der Waals surface area contributed by atoms with E-state index in [9.17, 15) is 4.79 Å². The SMILES string of the molecule is O=C(Nc1nc(-c2ccc3c(c2)CCCC3)cs1)c1ccccc1-c1ccccc1. The molecule has 4 heteroatoms. The van der Waals surface area contributed by atoms with Crippen LogP contribution in [0.3, 0.4) is 0 Å². The zero-order valence-electron chi connectivity index (χ0n) is 16.6. The third kappa shape index (κ3) is 3.79. The number of hydrogen-bond acceptors (Lipinski definition) is 3. The molecule has 4 aromatic rings. The van der Waals surface area contributed by atoms with Crippen LogP contribution in [0.4, 0.5) is 5.13 Å². The van der Waals surface area contributed by atoms with Gasteiger partial charge in [0.1, 0.15) is 0 Å². The van der Waals surface area contributed by atoms with Crippen LogP contribution in [0.25, 0.3) is 22.4 Å². The summed E-state index contributed by atoms with van der Waals surface area (Å²) < 4.78 is 0. The second kappa shape index (κ2) is 8.25. The minimum atomic E-state index is -0.138. The Morgan fingerprint density at radius 2 is 1.60 bits per heavy atom. The summed E-state index contributed by atoms with van der Waals surface area (Å²) in [5, 5.41) is 5.63. The molecule has 0 bridgehead atoms. The van der Waals surface area contributed by atoms with Crippen LogP contribution in [0.1, 0.15) is 34.3 Å². The molecule has 1 aromatic heterocycles. The minimum absolute atomic E-state index is 0.138. The van der Waals surface area contributed by atoms with Gasteiger partial charge in [0.2, 0.25) is 0 Å². The van der Waals surface area contributed by atoms with E-state index < -0.39 is 0 Å². The molecule has 148 valence electrons. The van der Waals surface area contributed by atoms with E-state index >= 15 is 0 Å². The molecule has 0 aliphatic heterocycles. The van der Waals surface area contributed by atoms with Crippen molar-refractivity contribution in [3.8, 4) is 22.4 Å². The van der Waals surface area contributed by atoms with Crippen molar-refractivity contribution >= 4 is 22.4 Å². The van der Waals surface area contributed by atoms with E-state index in [4.69, 9.17) is 0 Å². The zero-order chi connectivity index (χ0) is 20.3. The largest absolute Gasteiger partial charge is 0.298 e. The predicted molar refractivity (Wildman–Crippen MR) is 124 cm³/mol. The van der Waals surface area contributed by atoms with Gasteiger partial charge in [0.05, 0.1) is 5.69 Å². The van der Waals surface area contributed by atoms with Crippen LogP contribution in [-0.2, 0) is 12.8 Å². The van der Waals surface area contributed by atoms with Crippen LogP contribution in [0, 0.1) is 0 Å². The number of aromatic nitrogens is 1. The Morgan fingerprint density at radius 1 is 0.833 bits per heavy atom. The number of rotatable bonds is 4. The average Bonchev–Trinajstić information content (AvgIpc) is 3.28. The molecule has 0 spiro atoms. The van der Waals surface area contributed by atoms with Crippen molar-refractivity contribution in [3.05, 3.63) is 94.9 Å². The lowest BCUT2D eigenvalue weighted by atomic mass is 9.90. The molecule has 1 N–H and O–H groups in total. The van der Waals surface area contributed by atoms with Gasteiger partial charge < -0.3 is 0 Å². The highest BCUT2D eigenvalue weighted by molar-refractivity contribution is 7.14. The molecule has 0 radical (unpaired) electrons. The van der Waals surface area contributed by atoms with Gasteiger partial charge in [-0.3, -0.25) is 10.1 Å². The lowest BCUT2D eigenvalue weighted by Crippen LogP contribution is -2.13. The molecule has 3 aromatic carbocycles. The van der Waals surface area contributed by atoms with E-state index in [-0.39, 0.29) is 5.91 Å². The maximum Gasteiger partial charge on any atom is 0.258 e. The Kier molecular flexibility index (Phi) is 5.16. The van der Waals surface area contributed by atoms with Crippen molar-refractivity contribution in [2.75, 3.05) is 5.32 Å². The van der Waals surface area contributed by atoms with E-state index in [1.54, 1.807) is 0 Å². The van der Waals surface area contributed by atoms with Crippen LogP contribution in [0.5, 0.6) is 0 Å². The van der Waals surface area contributed by atoms with Crippen LogP contribution in [0.15, 0.2) is 78.2 Å². The summed E-state index contributed by atoms with van der Waals surface area (Å²) in [5.41, 5.74) is 7.53. The fraction of sp³-hybridized carbons (Fsp3) is 0.154. The van der Waals surface area contributed by atoms with E-state index in [1.807, 2.05) is 60.0 Å². The first-order valence-electron chi connectivity index (χ1n) is 10.3. The molecule has 0 unspecified atom stereocenters. The van der Waals surface area contributed by atoms with Gasteiger partial charge >= 0.3 is 0 Å². The summed E-state index contributed by atoms with van der Waals surface area (Å²) in [7, 11) is 0. The van der Waals surface area contributed by atoms with Gasteiger partial charge in [-0.05, 0) is 60.1 Å². The molecule has 1 heterocycles. The van der Waals surface area contributed by atoms with Crippen LogP contribution in [0.2, 0.25) is 0 Å². The summed E-state index contributed by atoms with van der Waals surface area (Å²) >= 11 is 1.46. The van der Waals surface area contributed by atoms with Gasteiger partial charge in [-0.1, -0.05) is 60.7 Å². The summed E-state index contributed by atoms with van der Waals surface area (Å²) in [6.45, 7) is 0. The third-order valence-electron chi connectivity index (χ3n) is 5.63. The highest BCUT2D eigenvalue weighted by Gasteiger charge is 2.15. The Labute approximate surface area is 180 Å². The predicted octanol–water partition coefficient (Wildman–Crippen LogP) is 6.61. The third-order valence-corrected chi connectivity index (χ3v) is 6.38. The lowest BCUT2D eigenvalue weighted by molar-refractivity contribution is 0.102. The summed E-state index contributed by atoms with van der Waals surface area (Å²) in [4.78, 5) is 17.7. The molecule has 5 rings (SSSR count). The quantitative estimate of drug-likeness (QED) is 0.411. The van der Waals surface area contributed by atoms with Crippen molar-refractivity contribution < 1.29 is 4.79 Å². The summed E-state index contributed by atoms with van der Waals surface area (Å²) in [6, 6.07) is 24.3. The molecule has 0 atom stereocenters. The Morgan fingerprint density at radius 3 is 2.47 bits per heavy atom. The highest BCUT2D eigenvalue weighted by Crippen LogP contribution is 2.30. The first-order chi connectivity index (χ1) is 14.8. The number of benzene rings is 3. The number of nitrogens with one attached hydrogen (secondary N) is 1. The molecule has 3 nitrogen and oxygen atoms in total. The second-order valence-electron chi connectivity index (χ2n) is 7.59. The first kappa shape index (κ1) is 18.8. The van der Waals surface area contributed by atoms with Crippen molar-refractivity contribution in [3.63, 3.8) is 0 Å². The number of hydrogen-bond donors (Lipinski definition) is 1. The average molecular weight is 411 g/mol. The number of amides is 1. The Bertz CT molecular complexity index is 1200. The van der Waals surface area contributed by atoms with Gasteiger partial charge in [0.15, 0.2) is 5.13 Å². The number of carbonyl (C=O) groups excluding carboxylic acids is 1. The summed E-state index contributed by atoms with van der Waals surface area (Å²) in [6.07, 6.45) is 4.86. The van der Waals surface area contributed by atoms with Crippen LogP contribution < -0.4 is 5.32 Å². The molecular weight excluding hydrogens is 388 g/mol.